The van der Waals surface area contributed by atoms with Crippen LogP contribution in [0.2, 0.25) is 0 Å². The first-order valence-electron chi connectivity index (χ1n) is 6.26. The highest BCUT2D eigenvalue weighted by Gasteiger charge is 2.21. The van der Waals surface area contributed by atoms with Gasteiger partial charge in [0, 0.05) is 43.3 Å². The fraction of sp³-hybridized carbons (Fsp3) is 0.615. The Labute approximate surface area is 103 Å². The molecule has 1 saturated heterocycles. The van der Waals surface area contributed by atoms with Crippen LogP contribution in [0, 0.1) is 0 Å². The van der Waals surface area contributed by atoms with Crippen molar-refractivity contribution in [3.63, 3.8) is 0 Å². The van der Waals surface area contributed by atoms with E-state index in [0.29, 0.717) is 12.6 Å². The molecule has 1 aliphatic heterocycles. The third-order valence-corrected chi connectivity index (χ3v) is 3.71. The van der Waals surface area contributed by atoms with Crippen LogP contribution in [0.5, 0.6) is 0 Å². The Balaban J connectivity index is 2.10. The summed E-state index contributed by atoms with van der Waals surface area (Å²) >= 11 is 0. The summed E-state index contributed by atoms with van der Waals surface area (Å²) in [6.45, 7) is 2.91. The molecule has 2 heterocycles. The van der Waals surface area contributed by atoms with Crippen molar-refractivity contribution in [1.82, 2.24) is 9.88 Å². The van der Waals surface area contributed by atoms with Crippen LogP contribution in [-0.2, 0) is 6.54 Å². The van der Waals surface area contributed by atoms with Crippen molar-refractivity contribution in [3.05, 3.63) is 24.0 Å². The van der Waals surface area contributed by atoms with Gasteiger partial charge in [0.2, 0.25) is 0 Å². The van der Waals surface area contributed by atoms with Crippen LogP contribution < -0.4 is 10.6 Å². The fourth-order valence-corrected chi connectivity index (χ4v) is 2.50. The number of piperidine rings is 1. The molecule has 1 aromatic rings. The van der Waals surface area contributed by atoms with Crippen LogP contribution in [-0.4, -0.2) is 43.1 Å². The number of hydrogen-bond acceptors (Lipinski definition) is 4. The second-order valence-electron chi connectivity index (χ2n) is 4.85. The minimum atomic E-state index is 0.556. The van der Waals surface area contributed by atoms with Gasteiger partial charge in [-0.05, 0) is 39.0 Å². The molecule has 0 bridgehead atoms. The van der Waals surface area contributed by atoms with Gasteiger partial charge in [0.15, 0.2) is 0 Å². The van der Waals surface area contributed by atoms with Crippen LogP contribution in [0.1, 0.15) is 18.4 Å². The maximum absolute atomic E-state index is 5.77. The Morgan fingerprint density at radius 1 is 1.47 bits per heavy atom. The van der Waals surface area contributed by atoms with E-state index in [2.05, 4.69) is 34.9 Å². The van der Waals surface area contributed by atoms with Gasteiger partial charge in [-0.1, -0.05) is 0 Å². The molecule has 0 atom stereocenters. The molecule has 0 spiro atoms. The monoisotopic (exact) mass is 234 g/mol. The minimum Gasteiger partial charge on any atom is -0.371 e. The molecule has 0 amide bonds. The van der Waals surface area contributed by atoms with Crippen molar-refractivity contribution in [2.24, 2.45) is 5.73 Å². The van der Waals surface area contributed by atoms with Crippen molar-refractivity contribution in [3.8, 4) is 0 Å². The van der Waals surface area contributed by atoms with E-state index in [9.17, 15) is 0 Å². The lowest BCUT2D eigenvalue weighted by Gasteiger charge is -2.37. The molecule has 4 nitrogen and oxygen atoms in total. The number of hydrogen-bond donors (Lipinski definition) is 1. The summed E-state index contributed by atoms with van der Waals surface area (Å²) in [6, 6.07) is 2.69. The zero-order valence-corrected chi connectivity index (χ0v) is 10.8. The molecule has 94 valence electrons. The Bertz CT molecular complexity index is 358. The molecule has 17 heavy (non-hydrogen) atoms. The summed E-state index contributed by atoms with van der Waals surface area (Å²) in [5.41, 5.74) is 8.13. The van der Waals surface area contributed by atoms with E-state index in [1.54, 1.807) is 0 Å². The summed E-state index contributed by atoms with van der Waals surface area (Å²) < 4.78 is 0. The van der Waals surface area contributed by atoms with Crippen LogP contribution >= 0.6 is 0 Å². The Hall–Kier alpha value is -1.13. The predicted octanol–water partition coefficient (Wildman–Crippen LogP) is 1.07. The zero-order chi connectivity index (χ0) is 12.3. The van der Waals surface area contributed by atoms with E-state index in [1.165, 1.54) is 31.6 Å². The first-order valence-corrected chi connectivity index (χ1v) is 6.26. The Morgan fingerprint density at radius 3 is 2.82 bits per heavy atom. The van der Waals surface area contributed by atoms with Gasteiger partial charge in [0.05, 0.1) is 0 Å². The molecule has 4 heteroatoms. The standard InChI is InChI=1S/C13H22N4/c1-16-7-4-12(5-8-16)17(2)13-3-6-15-10-11(13)9-14/h3,6,10,12H,4-5,7-9,14H2,1-2H3. The zero-order valence-electron chi connectivity index (χ0n) is 10.8. The molecular formula is C13H22N4. The average molecular weight is 234 g/mol. The first kappa shape index (κ1) is 12.3. The summed E-state index contributed by atoms with van der Waals surface area (Å²) in [5.74, 6) is 0. The minimum absolute atomic E-state index is 0.556. The average Bonchev–Trinajstić information content (AvgIpc) is 2.39. The van der Waals surface area contributed by atoms with Crippen molar-refractivity contribution in [2.75, 3.05) is 32.1 Å². The van der Waals surface area contributed by atoms with E-state index < -0.39 is 0 Å². The quantitative estimate of drug-likeness (QED) is 0.850. The number of anilines is 1. The maximum Gasteiger partial charge on any atom is 0.0442 e. The highest BCUT2D eigenvalue weighted by Crippen LogP contribution is 2.24. The molecule has 1 fully saturated rings. The number of rotatable bonds is 3. The largest absolute Gasteiger partial charge is 0.371 e. The Morgan fingerprint density at radius 2 is 2.18 bits per heavy atom. The molecule has 0 saturated carbocycles. The van der Waals surface area contributed by atoms with Gasteiger partial charge in [-0.15, -0.1) is 0 Å². The van der Waals surface area contributed by atoms with Crippen LogP contribution in [0.3, 0.4) is 0 Å². The van der Waals surface area contributed by atoms with Crippen LogP contribution in [0.4, 0.5) is 5.69 Å². The lowest BCUT2D eigenvalue weighted by atomic mass is 10.0. The number of pyridine rings is 1. The van der Waals surface area contributed by atoms with E-state index in [1.807, 2.05) is 12.4 Å². The molecule has 1 aromatic heterocycles. The van der Waals surface area contributed by atoms with Crippen molar-refractivity contribution < 1.29 is 0 Å². The Kier molecular flexibility index (Phi) is 3.97. The normalized spacial score (nSPS) is 18.3. The topological polar surface area (TPSA) is 45.4 Å². The van der Waals surface area contributed by atoms with Crippen molar-refractivity contribution in [1.29, 1.82) is 0 Å². The third kappa shape index (κ3) is 2.76. The van der Waals surface area contributed by atoms with E-state index in [4.69, 9.17) is 5.73 Å². The van der Waals surface area contributed by atoms with E-state index in [-0.39, 0.29) is 0 Å². The summed E-state index contributed by atoms with van der Waals surface area (Å²) in [4.78, 5) is 8.90. The molecule has 1 aliphatic rings. The number of nitrogens with zero attached hydrogens (tertiary/aromatic N) is 3. The first-order chi connectivity index (χ1) is 8.22. The predicted molar refractivity (Wildman–Crippen MR) is 71.1 cm³/mol. The van der Waals surface area contributed by atoms with Gasteiger partial charge in [-0.2, -0.15) is 0 Å². The van der Waals surface area contributed by atoms with Gasteiger partial charge in [0.1, 0.15) is 0 Å². The van der Waals surface area contributed by atoms with E-state index in [0.717, 1.165) is 5.56 Å². The highest BCUT2D eigenvalue weighted by molar-refractivity contribution is 5.52. The van der Waals surface area contributed by atoms with Crippen molar-refractivity contribution >= 4 is 5.69 Å². The van der Waals surface area contributed by atoms with Gasteiger partial charge >= 0.3 is 0 Å². The van der Waals surface area contributed by atoms with Gasteiger partial charge in [-0.25, -0.2) is 0 Å². The molecule has 0 radical (unpaired) electrons. The van der Waals surface area contributed by atoms with Gasteiger partial charge in [-0.3, -0.25) is 4.98 Å². The molecule has 0 unspecified atom stereocenters. The van der Waals surface area contributed by atoms with Crippen LogP contribution in [0.25, 0.3) is 0 Å². The summed E-state index contributed by atoms with van der Waals surface area (Å²) in [7, 11) is 4.36. The number of aromatic nitrogens is 1. The van der Waals surface area contributed by atoms with E-state index >= 15 is 0 Å². The maximum atomic E-state index is 5.77. The fourth-order valence-electron chi connectivity index (χ4n) is 2.50. The molecule has 2 N–H and O–H groups in total. The lowest BCUT2D eigenvalue weighted by molar-refractivity contribution is 0.252. The highest BCUT2D eigenvalue weighted by atomic mass is 15.2. The third-order valence-electron chi connectivity index (χ3n) is 3.71. The summed E-state index contributed by atoms with van der Waals surface area (Å²) in [6.07, 6.45) is 6.17. The SMILES string of the molecule is CN1CCC(N(C)c2ccncc2CN)CC1. The number of likely N-dealkylation sites (tertiary alicyclic amines) is 1. The van der Waals surface area contributed by atoms with Crippen LogP contribution in [0.15, 0.2) is 18.5 Å². The lowest BCUT2D eigenvalue weighted by Crippen LogP contribution is -2.42. The second kappa shape index (κ2) is 5.47. The number of nitrogens with two attached hydrogens (primary N) is 1. The molecular weight excluding hydrogens is 212 g/mol. The van der Waals surface area contributed by atoms with Gasteiger partial charge in [0.25, 0.3) is 0 Å². The summed E-state index contributed by atoms with van der Waals surface area (Å²) in [5, 5.41) is 0. The molecule has 2 rings (SSSR count). The van der Waals surface area contributed by atoms with Gasteiger partial charge < -0.3 is 15.5 Å². The van der Waals surface area contributed by atoms with Crippen molar-refractivity contribution in [2.45, 2.75) is 25.4 Å². The molecule has 0 aromatic carbocycles. The smallest absolute Gasteiger partial charge is 0.0442 e. The molecule has 0 aliphatic carbocycles. The second-order valence-corrected chi connectivity index (χ2v) is 4.85.